The van der Waals surface area contributed by atoms with Crippen molar-refractivity contribution >= 4 is 39.9 Å². The molecule has 0 radical (unpaired) electrons. The maximum atomic E-state index is 13.8. The monoisotopic (exact) mass is 638 g/mol. The number of methoxy groups -OCH3 is 3. The van der Waals surface area contributed by atoms with Crippen LogP contribution in [0.15, 0.2) is 34.4 Å². The van der Waals surface area contributed by atoms with Crippen LogP contribution in [0.4, 0.5) is 10.8 Å². The smallest absolute Gasteiger partial charge is 0.357 e. The van der Waals surface area contributed by atoms with Crippen LogP contribution >= 0.6 is 11.3 Å². The van der Waals surface area contributed by atoms with Gasteiger partial charge in [0.15, 0.2) is 22.3 Å². The Balaban J connectivity index is 1.78. The molecule has 0 bridgehead atoms. The van der Waals surface area contributed by atoms with Gasteiger partial charge < -0.3 is 34.9 Å². The van der Waals surface area contributed by atoms with E-state index in [9.17, 15) is 19.2 Å². The molecule has 1 aromatic heterocycles. The Bertz CT molecular complexity index is 1650. The van der Waals surface area contributed by atoms with Crippen molar-refractivity contribution in [3.05, 3.63) is 56.7 Å². The molecule has 1 aliphatic rings. The molecule has 12 nitrogen and oxygen atoms in total. The zero-order valence-corrected chi connectivity index (χ0v) is 27.2. The van der Waals surface area contributed by atoms with Crippen molar-refractivity contribution in [2.24, 2.45) is 5.92 Å². The average molecular weight is 639 g/mol. The fourth-order valence-corrected chi connectivity index (χ4v) is 6.03. The van der Waals surface area contributed by atoms with Crippen LogP contribution in [-0.4, -0.2) is 56.7 Å². The molecule has 0 saturated carbocycles. The largest absolute Gasteiger partial charge is 0.493 e. The second-order valence-electron chi connectivity index (χ2n) is 10.7. The van der Waals surface area contributed by atoms with E-state index in [1.165, 1.54) is 32.6 Å². The molecule has 2 atom stereocenters. The summed E-state index contributed by atoms with van der Waals surface area (Å²) in [6, 6.07) is 5.49. The molecule has 0 aliphatic heterocycles. The number of benzene rings is 1. The molecule has 0 fully saturated rings. The van der Waals surface area contributed by atoms with E-state index in [0.29, 0.717) is 41.2 Å². The molecule has 3 aromatic rings. The van der Waals surface area contributed by atoms with Crippen molar-refractivity contribution in [2.75, 3.05) is 38.6 Å². The maximum Gasteiger partial charge on any atom is 0.357 e. The number of aromatic nitrogens is 1. The predicted octanol–water partition coefficient (Wildman–Crippen LogP) is 4.57. The standard InChI is InChI=1S/C32H38N4O8S/c1-8-44-31(40)23-15-45-32(35-23)36-30(39)27(16(2)3)34-22-12-10-19-20(14-24(22)38)21(33-17(4)37)11-9-18-13-25(41-5)28(42-6)29(43-7)26(18)19/h10,12-16,21,27H,8-9,11H2,1-7H3,(H,33,37)(H,34,38)(H,35,36,39)/t21-,27-/m0/s1. The number of anilines is 2. The highest BCUT2D eigenvalue weighted by Crippen LogP contribution is 2.50. The van der Waals surface area contributed by atoms with Gasteiger partial charge in [-0.05, 0) is 60.6 Å². The van der Waals surface area contributed by atoms with E-state index in [1.807, 2.05) is 19.9 Å². The second kappa shape index (κ2) is 14.4. The zero-order chi connectivity index (χ0) is 32.8. The molecule has 13 heteroatoms. The number of hydrogen-bond acceptors (Lipinski definition) is 11. The third-order valence-corrected chi connectivity index (χ3v) is 8.15. The zero-order valence-electron chi connectivity index (χ0n) is 26.4. The first-order chi connectivity index (χ1) is 21.5. The van der Waals surface area contributed by atoms with E-state index in [-0.39, 0.29) is 40.4 Å². The highest BCUT2D eigenvalue weighted by atomic mass is 32.1. The van der Waals surface area contributed by atoms with E-state index in [1.54, 1.807) is 26.2 Å². The van der Waals surface area contributed by atoms with Gasteiger partial charge >= 0.3 is 5.97 Å². The molecule has 2 aromatic carbocycles. The first-order valence-corrected chi connectivity index (χ1v) is 15.4. The number of thiazole rings is 1. The number of nitrogens with one attached hydrogen (secondary N) is 3. The van der Waals surface area contributed by atoms with E-state index >= 15 is 0 Å². The summed E-state index contributed by atoms with van der Waals surface area (Å²) in [6.07, 6.45) is 1.09. The third-order valence-electron chi connectivity index (χ3n) is 7.40. The maximum absolute atomic E-state index is 13.8. The van der Waals surface area contributed by atoms with Gasteiger partial charge in [-0.25, -0.2) is 9.78 Å². The molecule has 1 aliphatic carbocycles. The lowest BCUT2D eigenvalue weighted by Crippen LogP contribution is -2.39. The number of nitrogens with zero attached hydrogens (tertiary/aromatic N) is 1. The van der Waals surface area contributed by atoms with Gasteiger partial charge in [0.1, 0.15) is 6.04 Å². The van der Waals surface area contributed by atoms with Gasteiger partial charge in [-0.15, -0.1) is 11.3 Å². The van der Waals surface area contributed by atoms with Crippen molar-refractivity contribution in [3.63, 3.8) is 0 Å². The Morgan fingerprint density at radius 3 is 2.42 bits per heavy atom. The minimum absolute atomic E-state index is 0.100. The second-order valence-corrected chi connectivity index (χ2v) is 11.6. The number of rotatable bonds is 11. The van der Waals surface area contributed by atoms with Crippen LogP contribution in [0.2, 0.25) is 0 Å². The summed E-state index contributed by atoms with van der Waals surface area (Å²) in [6.45, 7) is 7.03. The number of fused-ring (bicyclic) bond motifs is 3. The summed E-state index contributed by atoms with van der Waals surface area (Å²) < 4.78 is 22.0. The summed E-state index contributed by atoms with van der Waals surface area (Å²) >= 11 is 1.10. The molecule has 240 valence electrons. The highest BCUT2D eigenvalue weighted by Gasteiger charge is 2.30. The summed E-state index contributed by atoms with van der Waals surface area (Å²) in [7, 11) is 4.60. The molecule has 2 amide bonds. The lowest BCUT2D eigenvalue weighted by molar-refractivity contribution is -0.120. The molecule has 0 saturated heterocycles. The Labute approximate surface area is 265 Å². The van der Waals surface area contributed by atoms with Crippen LogP contribution in [0.5, 0.6) is 17.2 Å². The van der Waals surface area contributed by atoms with Crippen LogP contribution in [-0.2, 0) is 20.7 Å². The molecular weight excluding hydrogens is 600 g/mol. The van der Waals surface area contributed by atoms with Crippen molar-refractivity contribution in [3.8, 4) is 28.4 Å². The number of amides is 2. The van der Waals surface area contributed by atoms with Gasteiger partial charge in [-0.1, -0.05) is 19.9 Å². The van der Waals surface area contributed by atoms with Gasteiger partial charge in [0.2, 0.25) is 23.0 Å². The summed E-state index contributed by atoms with van der Waals surface area (Å²) in [5, 5.41) is 10.6. The fourth-order valence-electron chi connectivity index (χ4n) is 5.34. The fraction of sp³-hybridized carbons (Fsp3) is 0.406. The summed E-state index contributed by atoms with van der Waals surface area (Å²) in [5.74, 6) is -0.132. The van der Waals surface area contributed by atoms with E-state index in [4.69, 9.17) is 18.9 Å². The van der Waals surface area contributed by atoms with Crippen LogP contribution in [0.3, 0.4) is 0 Å². The Kier molecular flexibility index (Phi) is 10.7. The van der Waals surface area contributed by atoms with Crippen molar-refractivity contribution in [1.29, 1.82) is 0 Å². The lowest BCUT2D eigenvalue weighted by Gasteiger charge is -2.21. The third kappa shape index (κ3) is 7.19. The molecular formula is C32H38N4O8S. The Morgan fingerprint density at radius 1 is 1.07 bits per heavy atom. The molecule has 0 spiro atoms. The van der Waals surface area contributed by atoms with Crippen LogP contribution in [0.25, 0.3) is 11.1 Å². The number of hydrogen-bond donors (Lipinski definition) is 3. The molecule has 4 rings (SSSR count). The number of esters is 1. The van der Waals surface area contributed by atoms with E-state index in [2.05, 4.69) is 20.9 Å². The van der Waals surface area contributed by atoms with Crippen LogP contribution in [0, 0.1) is 5.92 Å². The SMILES string of the molecule is CCOC(=O)c1csc(NC(=O)[C@@H](Nc2ccc3c(cc2=O)[C@@H](NC(C)=O)CCc2cc(OC)c(OC)c(OC)c2-3)C(C)C)n1. The van der Waals surface area contributed by atoms with Crippen molar-refractivity contribution < 1.29 is 33.3 Å². The molecule has 45 heavy (non-hydrogen) atoms. The van der Waals surface area contributed by atoms with Crippen molar-refractivity contribution in [2.45, 2.75) is 52.6 Å². The number of ether oxygens (including phenoxy) is 4. The van der Waals surface area contributed by atoms with Gasteiger partial charge in [0.05, 0.1) is 39.7 Å². The normalized spacial score (nSPS) is 14.3. The predicted molar refractivity (Wildman–Crippen MR) is 172 cm³/mol. The van der Waals surface area contributed by atoms with Gasteiger partial charge in [0, 0.05) is 17.9 Å². The molecule has 3 N–H and O–H groups in total. The lowest BCUT2D eigenvalue weighted by atomic mass is 9.95. The van der Waals surface area contributed by atoms with Gasteiger partial charge in [-0.2, -0.15) is 0 Å². The van der Waals surface area contributed by atoms with Crippen LogP contribution < -0.4 is 35.6 Å². The Hall–Kier alpha value is -4.65. The number of carbonyl (C=O) groups is 3. The minimum Gasteiger partial charge on any atom is -0.493 e. The number of carbonyl (C=O) groups excluding carboxylic acids is 3. The van der Waals surface area contributed by atoms with E-state index in [0.717, 1.165) is 22.5 Å². The Morgan fingerprint density at radius 2 is 1.80 bits per heavy atom. The first-order valence-electron chi connectivity index (χ1n) is 14.5. The number of aryl methyl sites for hydroxylation is 1. The van der Waals surface area contributed by atoms with Crippen molar-refractivity contribution in [1.82, 2.24) is 10.3 Å². The quantitative estimate of drug-likeness (QED) is 0.255. The summed E-state index contributed by atoms with van der Waals surface area (Å²) in [4.78, 5) is 55.6. The molecule has 0 unspecified atom stereocenters. The van der Waals surface area contributed by atoms with Gasteiger partial charge in [0.25, 0.3) is 0 Å². The minimum atomic E-state index is -0.827. The average Bonchev–Trinajstić information content (AvgIpc) is 3.34. The summed E-state index contributed by atoms with van der Waals surface area (Å²) in [5.41, 5.74) is 2.81. The molecule has 1 heterocycles. The van der Waals surface area contributed by atoms with E-state index < -0.39 is 24.0 Å². The topological polar surface area (TPSA) is 154 Å². The van der Waals surface area contributed by atoms with Crippen LogP contribution in [0.1, 0.15) is 61.8 Å². The highest BCUT2D eigenvalue weighted by molar-refractivity contribution is 7.14. The first kappa shape index (κ1) is 33.2. The van der Waals surface area contributed by atoms with Gasteiger partial charge in [-0.3, -0.25) is 14.4 Å².